The molecule has 0 aromatic heterocycles. The molecule has 0 saturated heterocycles. The zero-order chi connectivity index (χ0) is 10.6. The van der Waals surface area contributed by atoms with Crippen LogP contribution in [0.1, 0.15) is 0 Å². The minimum absolute atomic E-state index is 0.144. The molecule has 1 rings (SSSR count). The van der Waals surface area contributed by atoms with E-state index in [1.807, 2.05) is 0 Å². The number of benzene rings is 1. The molecule has 1 aromatic rings. The molecule has 0 amide bonds. The molecular formula is C9H9NO4. The third-order valence-electron chi connectivity index (χ3n) is 1.57. The zero-order valence-electron chi connectivity index (χ0n) is 7.60. The summed E-state index contributed by atoms with van der Waals surface area (Å²) in [6, 6.07) is 4.32. The third kappa shape index (κ3) is 2.01. The van der Waals surface area contributed by atoms with Crippen LogP contribution in [-0.4, -0.2) is 12.0 Å². The van der Waals surface area contributed by atoms with Crippen molar-refractivity contribution in [3.8, 4) is 11.5 Å². The third-order valence-corrected chi connectivity index (χ3v) is 1.57. The summed E-state index contributed by atoms with van der Waals surface area (Å²) in [7, 11) is 1.44. The summed E-state index contributed by atoms with van der Waals surface area (Å²) < 4.78 is 9.72. The maximum atomic E-state index is 10.6. The lowest BCUT2D eigenvalue weighted by molar-refractivity contribution is -0.385. The van der Waals surface area contributed by atoms with Gasteiger partial charge in [-0.05, 0) is 12.1 Å². The predicted octanol–water partition coefficient (Wildman–Crippen LogP) is 2.13. The highest BCUT2D eigenvalue weighted by Gasteiger charge is 2.15. The molecule has 0 unspecified atom stereocenters. The molecule has 5 nitrogen and oxygen atoms in total. The van der Waals surface area contributed by atoms with Crippen molar-refractivity contribution in [1.29, 1.82) is 0 Å². The van der Waals surface area contributed by atoms with E-state index in [4.69, 9.17) is 9.47 Å². The zero-order valence-corrected chi connectivity index (χ0v) is 7.60. The molecular weight excluding hydrogens is 186 g/mol. The molecule has 0 aliphatic carbocycles. The van der Waals surface area contributed by atoms with E-state index in [0.717, 1.165) is 6.26 Å². The molecule has 0 atom stereocenters. The largest absolute Gasteiger partial charge is 0.496 e. The fourth-order valence-corrected chi connectivity index (χ4v) is 0.956. The van der Waals surface area contributed by atoms with Crippen LogP contribution in [0.2, 0.25) is 0 Å². The molecule has 0 aliphatic heterocycles. The van der Waals surface area contributed by atoms with Gasteiger partial charge in [0.05, 0.1) is 24.4 Å². The second-order valence-corrected chi connectivity index (χ2v) is 2.38. The highest BCUT2D eigenvalue weighted by Crippen LogP contribution is 2.30. The van der Waals surface area contributed by atoms with Crippen LogP contribution in [0, 0.1) is 10.1 Å². The number of rotatable bonds is 4. The van der Waals surface area contributed by atoms with Gasteiger partial charge in [0, 0.05) is 0 Å². The first-order chi connectivity index (χ1) is 6.69. The lowest BCUT2D eigenvalue weighted by Crippen LogP contribution is -1.93. The Morgan fingerprint density at radius 2 is 2.29 bits per heavy atom. The van der Waals surface area contributed by atoms with Crippen LogP contribution in [0.15, 0.2) is 31.0 Å². The lowest BCUT2D eigenvalue weighted by atomic mass is 10.3. The van der Waals surface area contributed by atoms with Crippen molar-refractivity contribution in [2.75, 3.05) is 7.11 Å². The van der Waals surface area contributed by atoms with E-state index in [0.29, 0.717) is 5.75 Å². The second kappa shape index (κ2) is 4.27. The number of hydrogen-bond donors (Lipinski definition) is 0. The van der Waals surface area contributed by atoms with Crippen molar-refractivity contribution in [2.24, 2.45) is 0 Å². The number of nitro groups is 1. The first kappa shape index (κ1) is 10.0. The summed E-state index contributed by atoms with van der Waals surface area (Å²) >= 11 is 0. The van der Waals surface area contributed by atoms with E-state index in [9.17, 15) is 10.1 Å². The van der Waals surface area contributed by atoms with Gasteiger partial charge in [-0.15, -0.1) is 0 Å². The van der Waals surface area contributed by atoms with E-state index < -0.39 is 4.92 Å². The van der Waals surface area contributed by atoms with Crippen LogP contribution < -0.4 is 9.47 Å². The number of nitro benzene ring substituents is 1. The second-order valence-electron chi connectivity index (χ2n) is 2.38. The normalized spacial score (nSPS) is 9.21. The van der Waals surface area contributed by atoms with Gasteiger partial charge in [0.1, 0.15) is 5.75 Å². The van der Waals surface area contributed by atoms with Crippen molar-refractivity contribution < 1.29 is 14.4 Å². The highest BCUT2D eigenvalue weighted by atomic mass is 16.6. The van der Waals surface area contributed by atoms with E-state index in [1.165, 1.54) is 19.2 Å². The Morgan fingerprint density at radius 1 is 1.57 bits per heavy atom. The molecule has 5 heteroatoms. The van der Waals surface area contributed by atoms with Crippen LogP contribution in [0.5, 0.6) is 11.5 Å². The Balaban J connectivity index is 3.16. The molecule has 0 bridgehead atoms. The first-order valence-electron chi connectivity index (χ1n) is 3.79. The van der Waals surface area contributed by atoms with Crippen molar-refractivity contribution in [3.05, 3.63) is 41.2 Å². The van der Waals surface area contributed by atoms with E-state index in [1.54, 1.807) is 6.07 Å². The smallest absolute Gasteiger partial charge is 0.315 e. The molecule has 0 fully saturated rings. The summed E-state index contributed by atoms with van der Waals surface area (Å²) in [6.45, 7) is 3.32. The van der Waals surface area contributed by atoms with Crippen molar-refractivity contribution >= 4 is 5.69 Å². The van der Waals surface area contributed by atoms with Gasteiger partial charge in [-0.25, -0.2) is 0 Å². The predicted molar refractivity (Wildman–Crippen MR) is 50.5 cm³/mol. The van der Waals surface area contributed by atoms with E-state index in [2.05, 4.69) is 6.58 Å². The molecule has 1 aromatic carbocycles. The standard InChI is InChI=1S/C9H9NO4/c1-3-14-9-5-4-7(13-2)6-8(9)10(11)12/h3-6H,1H2,2H3. The van der Waals surface area contributed by atoms with Gasteiger partial charge >= 0.3 is 5.69 Å². The Morgan fingerprint density at radius 3 is 2.79 bits per heavy atom. The van der Waals surface area contributed by atoms with Gasteiger partial charge in [-0.3, -0.25) is 10.1 Å². The minimum atomic E-state index is -0.540. The SMILES string of the molecule is C=COc1ccc(OC)cc1[N+](=O)[O-]. The quantitative estimate of drug-likeness (QED) is 0.419. The van der Waals surface area contributed by atoms with Crippen molar-refractivity contribution in [3.63, 3.8) is 0 Å². The molecule has 0 saturated carbocycles. The lowest BCUT2D eigenvalue weighted by Gasteiger charge is -2.03. The number of hydrogen-bond acceptors (Lipinski definition) is 4. The number of nitrogens with zero attached hydrogens (tertiary/aromatic N) is 1. The minimum Gasteiger partial charge on any atom is -0.496 e. The monoisotopic (exact) mass is 195 g/mol. The topological polar surface area (TPSA) is 61.6 Å². The summed E-state index contributed by atoms with van der Waals surface area (Å²) in [5, 5.41) is 10.6. The van der Waals surface area contributed by atoms with Gasteiger partial charge in [-0.2, -0.15) is 0 Å². The highest BCUT2D eigenvalue weighted by molar-refractivity contribution is 5.51. The summed E-state index contributed by atoms with van der Waals surface area (Å²) in [6.07, 6.45) is 1.13. The van der Waals surface area contributed by atoms with Gasteiger partial charge in [-0.1, -0.05) is 6.58 Å². The van der Waals surface area contributed by atoms with E-state index in [-0.39, 0.29) is 11.4 Å². The maximum absolute atomic E-state index is 10.6. The maximum Gasteiger partial charge on any atom is 0.315 e. The van der Waals surface area contributed by atoms with Crippen LogP contribution in [0.4, 0.5) is 5.69 Å². The van der Waals surface area contributed by atoms with Gasteiger partial charge < -0.3 is 9.47 Å². The average Bonchev–Trinajstić information content (AvgIpc) is 2.18. The Labute approximate surface area is 80.7 Å². The van der Waals surface area contributed by atoms with Gasteiger partial charge in [0.25, 0.3) is 0 Å². The van der Waals surface area contributed by atoms with Crippen LogP contribution >= 0.6 is 0 Å². The molecule has 0 radical (unpaired) electrons. The Bertz CT molecular complexity index is 362. The van der Waals surface area contributed by atoms with Crippen molar-refractivity contribution in [1.82, 2.24) is 0 Å². The number of methoxy groups -OCH3 is 1. The fourth-order valence-electron chi connectivity index (χ4n) is 0.956. The first-order valence-corrected chi connectivity index (χ1v) is 3.79. The summed E-state index contributed by atoms with van der Waals surface area (Å²) in [5.74, 6) is 0.555. The molecule has 0 N–H and O–H groups in total. The van der Waals surface area contributed by atoms with E-state index >= 15 is 0 Å². The molecule has 74 valence electrons. The molecule has 0 spiro atoms. The van der Waals surface area contributed by atoms with Crippen LogP contribution in [0.3, 0.4) is 0 Å². The molecule has 0 aliphatic rings. The van der Waals surface area contributed by atoms with Gasteiger partial charge in [0.2, 0.25) is 5.75 Å². The summed E-state index contributed by atoms with van der Waals surface area (Å²) in [5.41, 5.74) is -0.149. The molecule has 14 heavy (non-hydrogen) atoms. The molecule has 0 heterocycles. The van der Waals surface area contributed by atoms with Crippen LogP contribution in [0.25, 0.3) is 0 Å². The van der Waals surface area contributed by atoms with Crippen molar-refractivity contribution in [2.45, 2.75) is 0 Å². The fraction of sp³-hybridized carbons (Fsp3) is 0.111. The average molecular weight is 195 g/mol. The summed E-state index contributed by atoms with van der Waals surface area (Å²) in [4.78, 5) is 10.1. The van der Waals surface area contributed by atoms with Gasteiger partial charge in [0.15, 0.2) is 0 Å². The Hall–Kier alpha value is -2.04. The number of ether oxygens (including phenoxy) is 2. The Kier molecular flexibility index (Phi) is 3.06. The van der Waals surface area contributed by atoms with Crippen LogP contribution in [-0.2, 0) is 0 Å².